The van der Waals surface area contributed by atoms with Gasteiger partial charge in [-0.1, -0.05) is 13.8 Å². The first kappa shape index (κ1) is 27.4. The first-order valence-corrected chi connectivity index (χ1v) is 15.2. The molecule has 8 nitrogen and oxygen atoms in total. The largest absolute Gasteiger partial charge is 0.353 e. The van der Waals surface area contributed by atoms with Crippen LogP contribution in [0, 0.1) is 11.8 Å². The summed E-state index contributed by atoms with van der Waals surface area (Å²) in [7, 11) is -0.948. The van der Waals surface area contributed by atoms with Gasteiger partial charge < -0.3 is 10.2 Å². The molecule has 0 aromatic heterocycles. The van der Waals surface area contributed by atoms with E-state index in [1.807, 2.05) is 7.05 Å². The summed E-state index contributed by atoms with van der Waals surface area (Å²) in [5.41, 5.74) is 3.40. The van der Waals surface area contributed by atoms with Crippen molar-refractivity contribution in [3.05, 3.63) is 0 Å². The summed E-state index contributed by atoms with van der Waals surface area (Å²) in [6.45, 7) is 6.76. The molecule has 2 N–H and O–H groups in total. The second-order valence-corrected chi connectivity index (χ2v) is 13.4. The topological polar surface area (TPSA) is 98.8 Å². The summed E-state index contributed by atoms with van der Waals surface area (Å²) in [6.07, 6.45) is 8.82. The number of carbonyl (C=O) groups excluding carboxylic acids is 2. The Morgan fingerprint density at radius 1 is 1.03 bits per heavy atom. The van der Waals surface area contributed by atoms with Gasteiger partial charge in [0.15, 0.2) is 9.84 Å². The molecule has 1 heterocycles. The highest BCUT2D eigenvalue weighted by molar-refractivity contribution is 7.92. The maximum atomic E-state index is 13.4. The fourth-order valence-corrected chi connectivity index (χ4v) is 7.60. The molecule has 0 aromatic rings. The Morgan fingerprint density at radius 3 is 2.21 bits per heavy atom. The monoisotopic (exact) mass is 498 g/mol. The minimum atomic E-state index is -2.97. The van der Waals surface area contributed by atoms with Crippen molar-refractivity contribution >= 4 is 21.7 Å². The second kappa shape index (κ2) is 12.2. The lowest BCUT2D eigenvalue weighted by Gasteiger charge is -2.37. The zero-order valence-corrected chi connectivity index (χ0v) is 22.4. The molecular weight excluding hydrogens is 452 g/mol. The minimum absolute atomic E-state index is 0.0415. The smallest absolute Gasteiger partial charge is 0.226 e. The van der Waals surface area contributed by atoms with Crippen LogP contribution in [-0.4, -0.2) is 73.0 Å². The number of rotatable bonds is 9. The molecule has 34 heavy (non-hydrogen) atoms. The normalized spacial score (nSPS) is 32.9. The molecule has 2 unspecified atom stereocenters. The van der Waals surface area contributed by atoms with Gasteiger partial charge in [0.2, 0.25) is 11.8 Å². The highest BCUT2D eigenvalue weighted by Crippen LogP contribution is 2.32. The molecule has 0 aromatic carbocycles. The summed E-state index contributed by atoms with van der Waals surface area (Å²) < 4.78 is 24.2. The van der Waals surface area contributed by atoms with Crippen molar-refractivity contribution in [2.24, 2.45) is 11.8 Å². The zero-order chi connectivity index (χ0) is 24.9. The molecule has 196 valence electrons. The van der Waals surface area contributed by atoms with E-state index in [1.165, 1.54) is 0 Å². The summed E-state index contributed by atoms with van der Waals surface area (Å²) in [5.74, 6) is 0.871. The van der Waals surface area contributed by atoms with Crippen LogP contribution in [-0.2, 0) is 19.4 Å². The SMILES string of the molecule is CCCN(C(=O)C1CCC(NC(=O)CC2CCC(S(=O)(=O)CC)CC2)CC1)C1CC(C)NN1C. The van der Waals surface area contributed by atoms with Crippen LogP contribution in [0.4, 0.5) is 0 Å². The molecule has 2 aliphatic carbocycles. The van der Waals surface area contributed by atoms with E-state index in [0.717, 1.165) is 57.9 Å². The van der Waals surface area contributed by atoms with E-state index < -0.39 is 9.84 Å². The van der Waals surface area contributed by atoms with E-state index in [1.54, 1.807) is 6.92 Å². The van der Waals surface area contributed by atoms with Gasteiger partial charge in [-0.15, -0.1) is 0 Å². The van der Waals surface area contributed by atoms with Crippen LogP contribution in [0.1, 0.15) is 91.4 Å². The molecule has 1 aliphatic heterocycles. The fraction of sp³-hybridized carbons (Fsp3) is 0.920. The number of nitrogens with zero attached hydrogens (tertiary/aromatic N) is 2. The summed E-state index contributed by atoms with van der Waals surface area (Å²) in [4.78, 5) is 28.1. The Hall–Kier alpha value is -1.19. The van der Waals surface area contributed by atoms with Crippen LogP contribution in [0.3, 0.4) is 0 Å². The van der Waals surface area contributed by atoms with Crippen molar-refractivity contribution in [3.8, 4) is 0 Å². The van der Waals surface area contributed by atoms with Crippen molar-refractivity contribution in [2.45, 2.75) is 115 Å². The van der Waals surface area contributed by atoms with Crippen LogP contribution in [0.5, 0.6) is 0 Å². The number of nitrogens with one attached hydrogen (secondary N) is 2. The zero-order valence-electron chi connectivity index (χ0n) is 21.6. The van der Waals surface area contributed by atoms with Crippen LogP contribution < -0.4 is 10.7 Å². The summed E-state index contributed by atoms with van der Waals surface area (Å²) in [5, 5.41) is 5.06. The average Bonchev–Trinajstić information content (AvgIpc) is 3.15. The lowest BCUT2D eigenvalue weighted by atomic mass is 9.84. The van der Waals surface area contributed by atoms with E-state index in [0.29, 0.717) is 25.3 Å². The molecule has 0 radical (unpaired) electrons. The van der Waals surface area contributed by atoms with Crippen LogP contribution in [0.15, 0.2) is 0 Å². The predicted octanol–water partition coefficient (Wildman–Crippen LogP) is 2.84. The van der Waals surface area contributed by atoms with Gasteiger partial charge >= 0.3 is 0 Å². The van der Waals surface area contributed by atoms with Crippen molar-refractivity contribution in [1.29, 1.82) is 0 Å². The number of sulfone groups is 1. The Labute approximate surface area is 206 Å². The van der Waals surface area contributed by atoms with E-state index in [-0.39, 0.29) is 46.9 Å². The highest BCUT2D eigenvalue weighted by atomic mass is 32.2. The maximum absolute atomic E-state index is 13.4. The van der Waals surface area contributed by atoms with Gasteiger partial charge in [-0.3, -0.25) is 15.0 Å². The van der Waals surface area contributed by atoms with Crippen molar-refractivity contribution in [1.82, 2.24) is 20.7 Å². The number of amides is 2. The van der Waals surface area contributed by atoms with E-state index in [4.69, 9.17) is 0 Å². The third-order valence-corrected chi connectivity index (χ3v) is 10.5. The molecule has 9 heteroatoms. The van der Waals surface area contributed by atoms with Gasteiger partial charge in [0.05, 0.1) is 11.4 Å². The lowest BCUT2D eigenvalue weighted by Crippen LogP contribution is -2.51. The minimum Gasteiger partial charge on any atom is -0.353 e. The Kier molecular flexibility index (Phi) is 9.81. The van der Waals surface area contributed by atoms with Gasteiger partial charge in [-0.25, -0.2) is 13.4 Å². The quantitative estimate of drug-likeness (QED) is 0.507. The van der Waals surface area contributed by atoms with Crippen LogP contribution in [0.25, 0.3) is 0 Å². The Balaban J connectivity index is 1.42. The summed E-state index contributed by atoms with van der Waals surface area (Å²) >= 11 is 0. The van der Waals surface area contributed by atoms with Crippen molar-refractivity contribution < 1.29 is 18.0 Å². The Bertz CT molecular complexity index is 789. The summed E-state index contributed by atoms with van der Waals surface area (Å²) in [6, 6.07) is 0.517. The molecule has 0 spiro atoms. The molecule has 2 saturated carbocycles. The molecule has 1 saturated heterocycles. The predicted molar refractivity (Wildman–Crippen MR) is 134 cm³/mol. The average molecular weight is 499 g/mol. The van der Waals surface area contributed by atoms with E-state index in [2.05, 4.69) is 34.5 Å². The fourth-order valence-electron chi connectivity index (χ4n) is 6.14. The van der Waals surface area contributed by atoms with Gasteiger partial charge in [-0.05, 0) is 77.0 Å². The van der Waals surface area contributed by atoms with Gasteiger partial charge in [0.1, 0.15) is 0 Å². The third-order valence-electron chi connectivity index (χ3n) is 8.16. The van der Waals surface area contributed by atoms with Crippen molar-refractivity contribution in [2.75, 3.05) is 19.3 Å². The molecule has 2 atom stereocenters. The van der Waals surface area contributed by atoms with Gasteiger partial charge in [0.25, 0.3) is 0 Å². The number of hydrogen-bond acceptors (Lipinski definition) is 6. The molecule has 3 rings (SSSR count). The van der Waals surface area contributed by atoms with E-state index >= 15 is 0 Å². The lowest BCUT2D eigenvalue weighted by molar-refractivity contribution is -0.142. The molecular formula is C25H46N4O4S. The Morgan fingerprint density at radius 2 is 1.68 bits per heavy atom. The van der Waals surface area contributed by atoms with E-state index in [9.17, 15) is 18.0 Å². The van der Waals surface area contributed by atoms with Gasteiger partial charge in [0, 0.05) is 43.8 Å². The maximum Gasteiger partial charge on any atom is 0.226 e. The van der Waals surface area contributed by atoms with Gasteiger partial charge in [-0.2, -0.15) is 0 Å². The third kappa shape index (κ3) is 6.94. The number of hydrogen-bond donors (Lipinski definition) is 2. The molecule has 3 fully saturated rings. The molecule has 0 bridgehead atoms. The molecule has 3 aliphatic rings. The molecule has 2 amide bonds. The first-order chi connectivity index (χ1) is 16.1. The number of hydrazine groups is 1. The van der Waals surface area contributed by atoms with Crippen LogP contribution >= 0.6 is 0 Å². The number of carbonyl (C=O) groups is 2. The van der Waals surface area contributed by atoms with Crippen LogP contribution in [0.2, 0.25) is 0 Å². The first-order valence-electron chi connectivity index (χ1n) is 13.4. The highest BCUT2D eigenvalue weighted by Gasteiger charge is 2.38. The van der Waals surface area contributed by atoms with Crippen molar-refractivity contribution in [3.63, 3.8) is 0 Å². The standard InChI is InChI=1S/C25H46N4O4S/c1-5-15-29(24-16-18(3)27-28(24)4)25(31)20-9-11-21(12-10-20)26-23(30)17-19-7-13-22(14-8-19)34(32,33)6-2/h18-22,24,27H,5-17H2,1-4H3,(H,26,30). The second-order valence-electron chi connectivity index (χ2n) is 10.8.